The second-order valence-corrected chi connectivity index (χ2v) is 1.98. The molecule has 66 valence electrons. The number of carbonyl (C=O) groups excluding carboxylic acids is 1. The molecule has 0 heterocycles. The fraction of sp³-hybridized carbons (Fsp3) is 0. The number of amides is 1. The van der Waals surface area contributed by atoms with E-state index in [1.165, 1.54) is 24.3 Å². The Balaban J connectivity index is 0.00000121. The molecule has 12 heavy (non-hydrogen) atoms. The highest BCUT2D eigenvalue weighted by Crippen LogP contribution is 2.01. The van der Waals surface area contributed by atoms with E-state index in [-0.39, 0.29) is 11.3 Å². The highest BCUT2D eigenvalue weighted by molar-refractivity contribution is 5.93. The minimum absolute atomic E-state index is 0. The lowest BCUT2D eigenvalue weighted by Crippen LogP contribution is -2.29. The molecule has 0 unspecified atom stereocenters. The number of hydrazine groups is 1. The molecule has 0 bridgehead atoms. The molecule has 1 aromatic carbocycles. The van der Waals surface area contributed by atoms with E-state index in [2.05, 4.69) is 0 Å². The molecule has 0 fully saturated rings. The Kier molecular flexibility index (Phi) is 3.89. The molecule has 0 aliphatic heterocycles. The van der Waals surface area contributed by atoms with Gasteiger partial charge in [-0.25, -0.2) is 10.2 Å². The predicted molar refractivity (Wildman–Crippen MR) is 41.7 cm³/mol. The van der Waals surface area contributed by atoms with Crippen LogP contribution < -0.4 is 11.3 Å². The lowest BCUT2D eigenvalue weighted by atomic mass is 10.2. The van der Waals surface area contributed by atoms with Crippen LogP contribution >= 0.6 is 0 Å². The van der Waals surface area contributed by atoms with Gasteiger partial charge in [0.1, 0.15) is 5.82 Å². The molecule has 1 rings (SSSR count). The Morgan fingerprint density at radius 3 is 2.25 bits per heavy atom. The van der Waals surface area contributed by atoms with Crippen molar-refractivity contribution in [1.29, 1.82) is 0 Å². The van der Waals surface area contributed by atoms with Crippen molar-refractivity contribution in [3.63, 3.8) is 0 Å². The van der Waals surface area contributed by atoms with E-state index in [0.29, 0.717) is 5.56 Å². The van der Waals surface area contributed by atoms with Gasteiger partial charge in [0.05, 0.1) is 0 Å². The highest BCUT2D eigenvalue weighted by atomic mass is 19.1. The number of halogens is 1. The molecular formula is C7H9FN2O2. The summed E-state index contributed by atoms with van der Waals surface area (Å²) >= 11 is 0. The molecule has 5 N–H and O–H groups in total. The van der Waals surface area contributed by atoms with E-state index in [4.69, 9.17) is 5.84 Å². The van der Waals surface area contributed by atoms with Gasteiger partial charge in [-0.05, 0) is 24.3 Å². The Bertz CT molecular complexity index is 261. The Labute approximate surface area is 68.5 Å². The molecule has 0 radical (unpaired) electrons. The lowest BCUT2D eigenvalue weighted by Gasteiger charge is -1.97. The maximum atomic E-state index is 12.3. The maximum absolute atomic E-state index is 12.3. The summed E-state index contributed by atoms with van der Waals surface area (Å²) in [4.78, 5) is 10.8. The van der Waals surface area contributed by atoms with Crippen molar-refractivity contribution in [3.8, 4) is 0 Å². The normalized spacial score (nSPS) is 8.50. The van der Waals surface area contributed by atoms with Crippen LogP contribution in [0.1, 0.15) is 10.4 Å². The Morgan fingerprint density at radius 1 is 1.33 bits per heavy atom. The summed E-state index contributed by atoms with van der Waals surface area (Å²) in [6.45, 7) is 0. The first-order chi connectivity index (χ1) is 5.24. The monoisotopic (exact) mass is 172 g/mol. The number of nitrogen functional groups attached to an aromatic ring is 1. The van der Waals surface area contributed by atoms with Crippen LogP contribution in [0.15, 0.2) is 24.3 Å². The molecule has 0 atom stereocenters. The van der Waals surface area contributed by atoms with Crippen molar-refractivity contribution >= 4 is 5.91 Å². The number of benzene rings is 1. The molecule has 0 saturated carbocycles. The van der Waals surface area contributed by atoms with Crippen LogP contribution in [0.25, 0.3) is 0 Å². The van der Waals surface area contributed by atoms with Crippen molar-refractivity contribution in [1.82, 2.24) is 5.43 Å². The smallest absolute Gasteiger partial charge is 0.265 e. The van der Waals surface area contributed by atoms with Gasteiger partial charge in [-0.15, -0.1) is 0 Å². The molecule has 0 spiro atoms. The van der Waals surface area contributed by atoms with Crippen LogP contribution in [0.2, 0.25) is 0 Å². The first-order valence-electron chi connectivity index (χ1n) is 3.00. The minimum Gasteiger partial charge on any atom is -0.412 e. The summed E-state index contributed by atoms with van der Waals surface area (Å²) in [6, 6.07) is 5.12. The predicted octanol–water partition coefficient (Wildman–Crippen LogP) is -0.396. The molecule has 4 nitrogen and oxygen atoms in total. The van der Waals surface area contributed by atoms with Crippen molar-refractivity contribution in [2.45, 2.75) is 0 Å². The second-order valence-electron chi connectivity index (χ2n) is 1.98. The number of rotatable bonds is 1. The van der Waals surface area contributed by atoms with Crippen molar-refractivity contribution in [3.05, 3.63) is 35.6 Å². The SMILES string of the molecule is NNC(=O)c1ccc(F)cc1.O. The molecule has 0 aliphatic carbocycles. The first kappa shape index (κ1) is 10.5. The van der Waals surface area contributed by atoms with E-state index in [9.17, 15) is 9.18 Å². The van der Waals surface area contributed by atoms with E-state index in [1.807, 2.05) is 5.43 Å². The summed E-state index contributed by atoms with van der Waals surface area (Å²) in [7, 11) is 0. The van der Waals surface area contributed by atoms with Gasteiger partial charge in [0.2, 0.25) is 0 Å². The number of hydrogen-bond acceptors (Lipinski definition) is 2. The zero-order valence-corrected chi connectivity index (χ0v) is 6.17. The molecule has 5 heteroatoms. The zero-order valence-electron chi connectivity index (χ0n) is 6.17. The summed E-state index contributed by atoms with van der Waals surface area (Å²) < 4.78 is 12.3. The number of hydrogen-bond donors (Lipinski definition) is 2. The van der Waals surface area contributed by atoms with Gasteiger partial charge in [0, 0.05) is 5.56 Å². The van der Waals surface area contributed by atoms with E-state index in [0.717, 1.165) is 0 Å². The zero-order chi connectivity index (χ0) is 8.27. The third-order valence-corrected chi connectivity index (χ3v) is 1.24. The quantitative estimate of drug-likeness (QED) is 0.343. The van der Waals surface area contributed by atoms with Gasteiger partial charge in [-0.2, -0.15) is 0 Å². The summed E-state index contributed by atoms with van der Waals surface area (Å²) in [6.07, 6.45) is 0. The van der Waals surface area contributed by atoms with Gasteiger partial charge >= 0.3 is 0 Å². The van der Waals surface area contributed by atoms with E-state index < -0.39 is 5.91 Å². The van der Waals surface area contributed by atoms with Crippen molar-refractivity contribution in [2.24, 2.45) is 5.84 Å². The van der Waals surface area contributed by atoms with Crippen molar-refractivity contribution in [2.75, 3.05) is 0 Å². The summed E-state index contributed by atoms with van der Waals surface area (Å²) in [5.74, 6) is 4.05. The summed E-state index contributed by atoms with van der Waals surface area (Å²) in [5, 5.41) is 0. The number of nitrogens with two attached hydrogens (primary N) is 1. The highest BCUT2D eigenvalue weighted by Gasteiger charge is 2.01. The average molecular weight is 172 g/mol. The minimum atomic E-state index is -0.426. The van der Waals surface area contributed by atoms with Crippen LogP contribution in [0, 0.1) is 5.82 Å². The van der Waals surface area contributed by atoms with Crippen LogP contribution in [0.5, 0.6) is 0 Å². The largest absolute Gasteiger partial charge is 0.412 e. The average Bonchev–Trinajstić information content (AvgIpc) is 2.05. The van der Waals surface area contributed by atoms with Crippen LogP contribution in [0.4, 0.5) is 4.39 Å². The van der Waals surface area contributed by atoms with E-state index in [1.54, 1.807) is 0 Å². The van der Waals surface area contributed by atoms with Gasteiger partial charge in [0.15, 0.2) is 0 Å². The summed E-state index contributed by atoms with van der Waals surface area (Å²) in [5.41, 5.74) is 2.28. The molecule has 0 aromatic heterocycles. The van der Waals surface area contributed by atoms with Gasteiger partial charge in [-0.3, -0.25) is 10.2 Å². The topological polar surface area (TPSA) is 86.6 Å². The Hall–Kier alpha value is -1.46. The van der Waals surface area contributed by atoms with Gasteiger partial charge < -0.3 is 5.48 Å². The molecule has 1 amide bonds. The molecule has 0 saturated heterocycles. The number of carbonyl (C=O) groups is 1. The molecule has 1 aromatic rings. The number of nitrogens with one attached hydrogen (secondary N) is 1. The molecule has 0 aliphatic rings. The van der Waals surface area contributed by atoms with Crippen LogP contribution in [-0.4, -0.2) is 11.4 Å². The third kappa shape index (κ3) is 2.30. The lowest BCUT2D eigenvalue weighted by molar-refractivity contribution is 0.0953. The van der Waals surface area contributed by atoms with Gasteiger partial charge in [-0.1, -0.05) is 0 Å². The third-order valence-electron chi connectivity index (χ3n) is 1.24. The fourth-order valence-corrected chi connectivity index (χ4v) is 0.685. The van der Waals surface area contributed by atoms with Crippen LogP contribution in [-0.2, 0) is 0 Å². The molecular weight excluding hydrogens is 163 g/mol. The Morgan fingerprint density at radius 2 is 1.83 bits per heavy atom. The fourth-order valence-electron chi connectivity index (χ4n) is 0.685. The first-order valence-corrected chi connectivity index (χ1v) is 3.00. The van der Waals surface area contributed by atoms with Crippen molar-refractivity contribution < 1.29 is 14.7 Å². The second kappa shape index (κ2) is 4.42. The van der Waals surface area contributed by atoms with Gasteiger partial charge in [0.25, 0.3) is 5.91 Å². The van der Waals surface area contributed by atoms with Crippen LogP contribution in [0.3, 0.4) is 0 Å². The standard InChI is InChI=1S/C7H7FN2O.H2O/c8-6-3-1-5(2-4-6)7(11)10-9;/h1-4H,9H2,(H,10,11);1H2. The maximum Gasteiger partial charge on any atom is 0.265 e. The van der Waals surface area contributed by atoms with E-state index >= 15 is 0 Å².